The minimum Gasteiger partial charge on any atom is -0.475 e. The van der Waals surface area contributed by atoms with Crippen LogP contribution >= 0.6 is 0 Å². The molecule has 0 amide bonds. The lowest BCUT2D eigenvalue weighted by Crippen LogP contribution is -2.38. The Kier molecular flexibility index (Phi) is 7.14. The first-order valence-electron chi connectivity index (χ1n) is 13.6. The maximum absolute atomic E-state index is 16.7. The van der Waals surface area contributed by atoms with E-state index in [-0.39, 0.29) is 47.5 Å². The van der Waals surface area contributed by atoms with Gasteiger partial charge in [0.15, 0.2) is 12.6 Å². The van der Waals surface area contributed by atoms with Gasteiger partial charge in [-0.25, -0.2) is 32.2 Å². The van der Waals surface area contributed by atoms with Crippen molar-refractivity contribution in [3.8, 4) is 22.9 Å². The summed E-state index contributed by atoms with van der Waals surface area (Å²) in [6.07, 6.45) is 5.02. The first-order chi connectivity index (χ1) is 19.7. The second-order valence-electron chi connectivity index (χ2n) is 10.4. The minimum absolute atomic E-state index is 0.0553. The van der Waals surface area contributed by atoms with Crippen molar-refractivity contribution in [1.82, 2.24) is 15.0 Å². The molecule has 4 aromatic rings. The van der Waals surface area contributed by atoms with Crippen LogP contribution in [0.5, 0.6) is 11.6 Å². The topological polar surface area (TPSA) is 104 Å². The Morgan fingerprint density at radius 1 is 1.10 bits per heavy atom. The van der Waals surface area contributed by atoms with Crippen LogP contribution in [0.25, 0.3) is 32.9 Å². The highest BCUT2D eigenvalue weighted by Gasteiger charge is 2.34. The van der Waals surface area contributed by atoms with Gasteiger partial charge in [0.25, 0.3) is 0 Å². The van der Waals surface area contributed by atoms with E-state index in [2.05, 4.69) is 15.0 Å². The molecule has 41 heavy (non-hydrogen) atoms. The van der Waals surface area contributed by atoms with Gasteiger partial charge >= 0.3 is 0 Å². The second kappa shape index (κ2) is 10.6. The van der Waals surface area contributed by atoms with Gasteiger partial charge in [0.2, 0.25) is 20.9 Å². The highest BCUT2D eigenvalue weighted by Crippen LogP contribution is 2.43. The molecule has 2 aromatic heterocycles. The molecule has 1 saturated heterocycles. The number of pyridine rings is 1. The van der Waals surface area contributed by atoms with Crippen molar-refractivity contribution in [3.05, 3.63) is 41.5 Å². The molecule has 0 unspecified atom stereocenters. The number of nitrogens with zero attached hydrogens (tertiary/aromatic N) is 4. The van der Waals surface area contributed by atoms with Crippen LogP contribution in [0.4, 0.5) is 14.6 Å². The van der Waals surface area contributed by atoms with Gasteiger partial charge in [-0.3, -0.25) is 0 Å². The molecule has 9 nitrogen and oxygen atoms in total. The Labute approximate surface area is 236 Å². The van der Waals surface area contributed by atoms with E-state index >= 15 is 8.78 Å². The van der Waals surface area contributed by atoms with Crippen LogP contribution in [0.1, 0.15) is 38.2 Å². The van der Waals surface area contributed by atoms with Gasteiger partial charge < -0.3 is 19.1 Å². The number of aromatic nitrogens is 3. The zero-order chi connectivity index (χ0) is 28.9. The summed E-state index contributed by atoms with van der Waals surface area (Å²) in [5.41, 5.74) is 0.287. The van der Waals surface area contributed by atoms with Crippen LogP contribution in [0, 0.1) is 11.6 Å². The third-order valence-electron chi connectivity index (χ3n) is 7.70. The molecule has 216 valence electrons. The SMILES string of the molecule is CCc1c(F)ccc2cc(OCOC)cc(-c3nc4c5c(nc(S(C)(=O)=O)nc5c3F)N3CCCCC[C@H]3CO4)c12. The summed E-state index contributed by atoms with van der Waals surface area (Å²) in [5, 5.41) is 0.833. The lowest BCUT2D eigenvalue weighted by Gasteiger charge is -2.29. The Hall–Kier alpha value is -3.64. The van der Waals surface area contributed by atoms with Gasteiger partial charge in [-0.1, -0.05) is 25.8 Å². The maximum atomic E-state index is 16.7. The van der Waals surface area contributed by atoms with Crippen LogP contribution in [0.3, 0.4) is 0 Å². The van der Waals surface area contributed by atoms with E-state index in [1.807, 2.05) is 11.8 Å². The molecule has 6 rings (SSSR count). The molecule has 1 atom stereocenters. The number of benzene rings is 2. The van der Waals surface area contributed by atoms with Crippen LogP contribution < -0.4 is 14.4 Å². The zero-order valence-corrected chi connectivity index (χ0v) is 23.9. The van der Waals surface area contributed by atoms with E-state index in [4.69, 9.17) is 14.2 Å². The number of anilines is 1. The van der Waals surface area contributed by atoms with Gasteiger partial charge in [0.05, 0.1) is 6.04 Å². The van der Waals surface area contributed by atoms with Crippen LogP contribution in [0.15, 0.2) is 29.4 Å². The van der Waals surface area contributed by atoms with Crippen molar-refractivity contribution in [2.24, 2.45) is 0 Å². The molecule has 0 spiro atoms. The fourth-order valence-electron chi connectivity index (χ4n) is 5.80. The number of aryl methyl sites for hydroxylation is 1. The van der Waals surface area contributed by atoms with Crippen LogP contribution in [0.2, 0.25) is 0 Å². The molecule has 4 heterocycles. The summed E-state index contributed by atoms with van der Waals surface area (Å²) in [6.45, 7) is 2.65. The van der Waals surface area contributed by atoms with Crippen molar-refractivity contribution in [2.45, 2.75) is 50.2 Å². The van der Waals surface area contributed by atoms with E-state index in [0.717, 1.165) is 31.9 Å². The number of fused-ring (bicyclic) bond motifs is 3. The Morgan fingerprint density at radius 2 is 1.93 bits per heavy atom. The van der Waals surface area contributed by atoms with Gasteiger partial charge in [-0.05, 0) is 53.8 Å². The van der Waals surface area contributed by atoms with Crippen LogP contribution in [-0.2, 0) is 21.0 Å². The van der Waals surface area contributed by atoms with Crippen molar-refractivity contribution in [3.63, 3.8) is 0 Å². The predicted molar refractivity (Wildman–Crippen MR) is 150 cm³/mol. The highest BCUT2D eigenvalue weighted by molar-refractivity contribution is 7.90. The third kappa shape index (κ3) is 4.82. The Morgan fingerprint density at radius 3 is 2.68 bits per heavy atom. The van der Waals surface area contributed by atoms with Gasteiger partial charge in [-0.15, -0.1) is 0 Å². The summed E-state index contributed by atoms with van der Waals surface area (Å²) in [7, 11) is -2.42. The van der Waals surface area contributed by atoms with Gasteiger partial charge in [-0.2, -0.15) is 0 Å². The average molecular weight is 585 g/mol. The summed E-state index contributed by atoms with van der Waals surface area (Å²) < 4.78 is 74.1. The summed E-state index contributed by atoms with van der Waals surface area (Å²) in [4.78, 5) is 15.3. The van der Waals surface area contributed by atoms with Gasteiger partial charge in [0, 0.05) is 25.5 Å². The van der Waals surface area contributed by atoms with Crippen molar-refractivity contribution in [2.75, 3.05) is 38.2 Å². The smallest absolute Gasteiger partial charge is 0.249 e. The predicted octanol–water partition coefficient (Wildman–Crippen LogP) is 5.21. The number of halogens is 2. The zero-order valence-electron chi connectivity index (χ0n) is 23.0. The molecule has 0 saturated carbocycles. The van der Waals surface area contributed by atoms with Crippen molar-refractivity contribution >= 4 is 37.3 Å². The van der Waals surface area contributed by atoms with Crippen molar-refractivity contribution in [1.29, 1.82) is 0 Å². The molecular formula is C29H30F2N4O5S. The molecule has 2 aliphatic heterocycles. The van der Waals surface area contributed by atoms with E-state index in [1.54, 1.807) is 18.2 Å². The Balaban J connectivity index is 1.70. The molecule has 2 aromatic carbocycles. The fourth-order valence-corrected chi connectivity index (χ4v) is 6.30. The quantitative estimate of drug-likeness (QED) is 0.223. The number of methoxy groups -OCH3 is 1. The molecule has 0 radical (unpaired) electrons. The average Bonchev–Trinajstić information content (AvgIpc) is 3.27. The van der Waals surface area contributed by atoms with E-state index in [9.17, 15) is 8.42 Å². The Bertz CT molecular complexity index is 1780. The first-order valence-corrected chi connectivity index (χ1v) is 15.5. The van der Waals surface area contributed by atoms with Crippen molar-refractivity contribution < 1.29 is 31.4 Å². The molecule has 1 fully saturated rings. The lowest BCUT2D eigenvalue weighted by atomic mass is 9.94. The normalized spacial score (nSPS) is 17.2. The summed E-state index contributed by atoms with van der Waals surface area (Å²) in [6, 6.07) is 6.18. The summed E-state index contributed by atoms with van der Waals surface area (Å²) in [5.74, 6) is -0.518. The van der Waals surface area contributed by atoms with Crippen LogP contribution in [-0.4, -0.2) is 62.7 Å². The number of hydrogen-bond acceptors (Lipinski definition) is 9. The minimum atomic E-state index is -3.90. The molecular weight excluding hydrogens is 554 g/mol. The van der Waals surface area contributed by atoms with E-state index < -0.39 is 26.6 Å². The molecule has 0 aliphatic carbocycles. The summed E-state index contributed by atoms with van der Waals surface area (Å²) >= 11 is 0. The standard InChI is InChI=1S/C29H30F2N4O5S/c1-4-19-21(30)10-9-16-12-18(40-15-38-2)13-20(22(16)19)25-24(31)26-23-27(34-29(33-26)41(3,36)37)35-11-7-5-6-8-17(35)14-39-28(23)32-25/h9-10,12-13,17H,4-8,11,14-15H2,1-3H3/t17-/m0/s1. The third-order valence-corrected chi connectivity index (χ3v) is 8.55. The van der Waals surface area contributed by atoms with E-state index in [1.165, 1.54) is 13.2 Å². The lowest BCUT2D eigenvalue weighted by molar-refractivity contribution is 0.0512. The molecule has 0 bridgehead atoms. The highest BCUT2D eigenvalue weighted by atomic mass is 32.2. The monoisotopic (exact) mass is 584 g/mol. The first kappa shape index (κ1) is 27.5. The number of hydrogen-bond donors (Lipinski definition) is 0. The fraction of sp³-hybridized carbons (Fsp3) is 0.414. The largest absolute Gasteiger partial charge is 0.475 e. The number of ether oxygens (including phenoxy) is 3. The second-order valence-corrected chi connectivity index (χ2v) is 12.3. The van der Waals surface area contributed by atoms with E-state index in [0.29, 0.717) is 40.9 Å². The number of sulfone groups is 1. The van der Waals surface area contributed by atoms with Gasteiger partial charge in [0.1, 0.15) is 40.6 Å². The molecule has 2 aliphatic rings. The number of rotatable bonds is 6. The molecule has 0 N–H and O–H groups in total. The molecule has 12 heteroatoms. The maximum Gasteiger partial charge on any atom is 0.249 e.